The number of hydrogen-bond acceptors (Lipinski definition) is 2. The van der Waals surface area contributed by atoms with Crippen molar-refractivity contribution in [3.8, 4) is 0 Å². The van der Waals surface area contributed by atoms with Crippen LogP contribution in [0, 0.1) is 5.92 Å². The number of alkyl halides is 2. The number of halogens is 2. The first kappa shape index (κ1) is 9.58. The fourth-order valence-corrected chi connectivity index (χ4v) is 1.43. The van der Waals surface area contributed by atoms with Gasteiger partial charge in [-0.1, -0.05) is 0 Å². The summed E-state index contributed by atoms with van der Waals surface area (Å²) in [6.07, 6.45) is 1.40. The Bertz CT molecular complexity index is 170. The van der Waals surface area contributed by atoms with Gasteiger partial charge in [-0.2, -0.15) is 8.78 Å². The summed E-state index contributed by atoms with van der Waals surface area (Å²) in [5, 5.41) is 2.93. The third-order valence-corrected chi connectivity index (χ3v) is 2.10. The van der Waals surface area contributed by atoms with E-state index in [9.17, 15) is 13.6 Å². The normalized spacial score (nSPS) is 25.4. The van der Waals surface area contributed by atoms with Gasteiger partial charge < -0.3 is 5.32 Å². The predicted molar refractivity (Wildman–Crippen MR) is 41.2 cm³/mol. The molecule has 1 unspecified atom stereocenters. The maximum Gasteiger partial charge on any atom is 0.302 e. The Morgan fingerprint density at radius 1 is 1.58 bits per heavy atom. The van der Waals surface area contributed by atoms with Crippen molar-refractivity contribution in [2.45, 2.75) is 25.7 Å². The summed E-state index contributed by atoms with van der Waals surface area (Å²) in [6, 6.07) is 0. The van der Waals surface area contributed by atoms with Gasteiger partial charge in [0.25, 0.3) is 0 Å². The molecule has 1 saturated heterocycles. The van der Waals surface area contributed by atoms with Gasteiger partial charge in [0.15, 0.2) is 0 Å². The Labute approximate surface area is 70.3 Å². The van der Waals surface area contributed by atoms with E-state index in [0.717, 1.165) is 13.0 Å². The molecular formula is C8H13F2NO. The number of hydrogen-bond donors (Lipinski definition) is 1. The second kappa shape index (κ2) is 3.47. The van der Waals surface area contributed by atoms with Gasteiger partial charge in [0.2, 0.25) is 5.78 Å². The van der Waals surface area contributed by atoms with Crippen molar-refractivity contribution in [3.05, 3.63) is 0 Å². The van der Waals surface area contributed by atoms with Crippen LogP contribution in [0.1, 0.15) is 19.8 Å². The quantitative estimate of drug-likeness (QED) is 0.687. The molecule has 2 nitrogen and oxygen atoms in total. The number of nitrogens with one attached hydrogen (secondary N) is 1. The van der Waals surface area contributed by atoms with Crippen molar-refractivity contribution in [1.29, 1.82) is 0 Å². The van der Waals surface area contributed by atoms with Crippen molar-refractivity contribution < 1.29 is 13.6 Å². The van der Waals surface area contributed by atoms with E-state index in [1.807, 2.05) is 0 Å². The van der Waals surface area contributed by atoms with Gasteiger partial charge in [0.05, 0.1) is 0 Å². The summed E-state index contributed by atoms with van der Waals surface area (Å²) in [7, 11) is 0. The highest BCUT2D eigenvalue weighted by Gasteiger charge is 2.38. The summed E-state index contributed by atoms with van der Waals surface area (Å²) in [4.78, 5) is 11.0. The molecule has 1 rings (SSSR count). The van der Waals surface area contributed by atoms with Crippen molar-refractivity contribution in [1.82, 2.24) is 5.32 Å². The van der Waals surface area contributed by atoms with Crippen LogP contribution >= 0.6 is 0 Å². The number of carbonyl (C=O) groups is 1. The molecule has 12 heavy (non-hydrogen) atoms. The first-order valence-corrected chi connectivity index (χ1v) is 4.14. The summed E-state index contributed by atoms with van der Waals surface area (Å²) in [5.74, 6) is -4.57. The SMILES string of the molecule is CC(F)(F)C(=O)C1CCCNC1. The van der Waals surface area contributed by atoms with Crippen molar-refractivity contribution in [3.63, 3.8) is 0 Å². The Morgan fingerprint density at radius 3 is 2.67 bits per heavy atom. The van der Waals surface area contributed by atoms with Crippen LogP contribution in [-0.4, -0.2) is 24.8 Å². The van der Waals surface area contributed by atoms with Gasteiger partial charge in [0.1, 0.15) is 0 Å². The molecule has 0 spiro atoms. The van der Waals surface area contributed by atoms with Crippen LogP contribution < -0.4 is 5.32 Å². The topological polar surface area (TPSA) is 29.1 Å². The van der Waals surface area contributed by atoms with Crippen molar-refractivity contribution in [2.75, 3.05) is 13.1 Å². The molecule has 0 radical (unpaired) electrons. The molecule has 0 aliphatic carbocycles. The number of rotatable bonds is 2. The van der Waals surface area contributed by atoms with E-state index in [2.05, 4.69) is 5.32 Å². The zero-order valence-electron chi connectivity index (χ0n) is 7.07. The first-order chi connectivity index (χ1) is 5.52. The lowest BCUT2D eigenvalue weighted by Gasteiger charge is -2.23. The molecule has 1 heterocycles. The van der Waals surface area contributed by atoms with Crippen LogP contribution in [0.3, 0.4) is 0 Å². The van der Waals surface area contributed by atoms with E-state index in [1.165, 1.54) is 0 Å². The largest absolute Gasteiger partial charge is 0.316 e. The van der Waals surface area contributed by atoms with Gasteiger partial charge >= 0.3 is 5.92 Å². The summed E-state index contributed by atoms with van der Waals surface area (Å²) >= 11 is 0. The molecule has 70 valence electrons. The van der Waals surface area contributed by atoms with Crippen LogP contribution in [0.2, 0.25) is 0 Å². The van der Waals surface area contributed by atoms with Gasteiger partial charge in [-0.25, -0.2) is 0 Å². The highest BCUT2D eigenvalue weighted by molar-refractivity contribution is 5.87. The monoisotopic (exact) mass is 177 g/mol. The van der Waals surface area contributed by atoms with E-state index in [4.69, 9.17) is 0 Å². The molecular weight excluding hydrogens is 164 g/mol. The van der Waals surface area contributed by atoms with Crippen LogP contribution in [0.5, 0.6) is 0 Å². The van der Waals surface area contributed by atoms with E-state index in [1.54, 1.807) is 0 Å². The molecule has 1 N–H and O–H groups in total. The van der Waals surface area contributed by atoms with Crippen LogP contribution in [0.4, 0.5) is 8.78 Å². The minimum atomic E-state index is -3.16. The lowest BCUT2D eigenvalue weighted by molar-refractivity contribution is -0.145. The first-order valence-electron chi connectivity index (χ1n) is 4.14. The summed E-state index contributed by atoms with van der Waals surface area (Å²) < 4.78 is 25.0. The molecule has 0 aromatic carbocycles. The van der Waals surface area contributed by atoms with Gasteiger partial charge in [-0.3, -0.25) is 4.79 Å². The zero-order chi connectivity index (χ0) is 9.19. The molecule has 1 aliphatic rings. The Kier molecular flexibility index (Phi) is 2.77. The minimum Gasteiger partial charge on any atom is -0.316 e. The Balaban J connectivity index is 2.51. The number of Topliss-reactive ketones (excluding diaryl/α,β-unsaturated/α-hetero) is 1. The molecule has 0 aromatic heterocycles. The van der Waals surface area contributed by atoms with Crippen LogP contribution in [-0.2, 0) is 4.79 Å². The minimum absolute atomic E-state index is 0.405. The molecule has 0 amide bonds. The predicted octanol–water partition coefficient (Wildman–Crippen LogP) is 1.21. The second-order valence-electron chi connectivity index (χ2n) is 3.30. The molecule has 1 atom stereocenters. The molecule has 0 saturated carbocycles. The fraction of sp³-hybridized carbons (Fsp3) is 0.875. The maximum atomic E-state index is 12.5. The summed E-state index contributed by atoms with van der Waals surface area (Å²) in [5.41, 5.74) is 0. The average Bonchev–Trinajstić information content (AvgIpc) is 2.03. The second-order valence-corrected chi connectivity index (χ2v) is 3.30. The van der Waals surface area contributed by atoms with Crippen LogP contribution in [0.15, 0.2) is 0 Å². The number of ketones is 1. The number of carbonyl (C=O) groups excluding carboxylic acids is 1. The lowest BCUT2D eigenvalue weighted by Crippen LogP contribution is -2.40. The molecule has 1 aliphatic heterocycles. The molecule has 1 fully saturated rings. The highest BCUT2D eigenvalue weighted by atomic mass is 19.3. The van der Waals surface area contributed by atoms with Gasteiger partial charge in [-0.15, -0.1) is 0 Å². The summed E-state index contributed by atoms with van der Waals surface area (Å²) in [6.45, 7) is 1.91. The van der Waals surface area contributed by atoms with Crippen LogP contribution in [0.25, 0.3) is 0 Å². The van der Waals surface area contributed by atoms with E-state index < -0.39 is 17.6 Å². The average molecular weight is 177 g/mol. The fourth-order valence-electron chi connectivity index (χ4n) is 1.43. The lowest BCUT2D eigenvalue weighted by atomic mass is 9.92. The van der Waals surface area contributed by atoms with Gasteiger partial charge in [-0.05, 0) is 19.4 Å². The highest BCUT2D eigenvalue weighted by Crippen LogP contribution is 2.22. The third-order valence-electron chi connectivity index (χ3n) is 2.10. The smallest absolute Gasteiger partial charge is 0.302 e. The van der Waals surface area contributed by atoms with E-state index in [-0.39, 0.29) is 0 Å². The van der Waals surface area contributed by atoms with E-state index >= 15 is 0 Å². The number of piperidine rings is 1. The third kappa shape index (κ3) is 2.24. The Morgan fingerprint density at radius 2 is 2.25 bits per heavy atom. The zero-order valence-corrected chi connectivity index (χ0v) is 7.07. The molecule has 0 bridgehead atoms. The van der Waals surface area contributed by atoms with Gasteiger partial charge in [0, 0.05) is 19.4 Å². The Hall–Kier alpha value is -0.510. The van der Waals surface area contributed by atoms with E-state index in [0.29, 0.717) is 19.9 Å². The van der Waals surface area contributed by atoms with Crippen molar-refractivity contribution >= 4 is 5.78 Å². The molecule has 0 aromatic rings. The maximum absolute atomic E-state index is 12.5. The standard InChI is InChI=1S/C8H13F2NO/c1-8(9,10)7(12)6-3-2-4-11-5-6/h6,11H,2-5H2,1H3. The van der Waals surface area contributed by atoms with Crippen molar-refractivity contribution in [2.24, 2.45) is 5.92 Å². The molecule has 4 heteroatoms.